The van der Waals surface area contributed by atoms with Crippen LogP contribution in [0.1, 0.15) is 11.1 Å². The summed E-state index contributed by atoms with van der Waals surface area (Å²) in [5.41, 5.74) is -3.13. The topological polar surface area (TPSA) is 84.5 Å². The van der Waals surface area contributed by atoms with Crippen molar-refractivity contribution in [3.05, 3.63) is 81.8 Å². The molecule has 0 aromatic heterocycles. The van der Waals surface area contributed by atoms with Crippen molar-refractivity contribution in [1.82, 2.24) is 0 Å². The third-order valence-electron chi connectivity index (χ3n) is 4.58. The molecule has 3 aromatic carbocycles. The number of ether oxygens (including phenoxy) is 1. The quantitative estimate of drug-likeness (QED) is 0.297. The molecule has 0 heterocycles. The predicted molar refractivity (Wildman–Crippen MR) is 124 cm³/mol. The largest absolute Gasteiger partial charge is 0.482 e. The van der Waals surface area contributed by atoms with Crippen molar-refractivity contribution in [2.24, 2.45) is 0 Å². The van der Waals surface area contributed by atoms with Gasteiger partial charge < -0.3 is 10.1 Å². The van der Waals surface area contributed by atoms with Crippen LogP contribution in [-0.2, 0) is 27.2 Å². The lowest BCUT2D eigenvalue weighted by atomic mass is 10.1. The van der Waals surface area contributed by atoms with Crippen molar-refractivity contribution in [2.75, 3.05) is 16.6 Å². The Labute approximate surface area is 216 Å². The Kier molecular flexibility index (Phi) is 8.20. The van der Waals surface area contributed by atoms with E-state index in [1.165, 1.54) is 0 Å². The molecule has 1 amide bonds. The number of hydrogen-bond acceptors (Lipinski definition) is 4. The molecular formula is C22H14Cl2F6N2O4S. The zero-order valence-corrected chi connectivity index (χ0v) is 20.4. The number of hydrogen-bond donors (Lipinski definition) is 2. The summed E-state index contributed by atoms with van der Waals surface area (Å²) < 4.78 is 110. The van der Waals surface area contributed by atoms with Gasteiger partial charge in [-0.05, 0) is 54.6 Å². The lowest BCUT2D eigenvalue weighted by Crippen LogP contribution is -2.22. The Morgan fingerprint density at radius 3 is 2.22 bits per heavy atom. The van der Waals surface area contributed by atoms with E-state index >= 15 is 0 Å². The van der Waals surface area contributed by atoms with Crippen molar-refractivity contribution in [1.29, 1.82) is 0 Å². The fourth-order valence-corrected chi connectivity index (χ4v) is 4.48. The van der Waals surface area contributed by atoms with Crippen molar-refractivity contribution in [3.8, 4) is 5.75 Å². The van der Waals surface area contributed by atoms with Gasteiger partial charge in [-0.15, -0.1) is 0 Å². The van der Waals surface area contributed by atoms with Gasteiger partial charge in [0.25, 0.3) is 15.9 Å². The summed E-state index contributed by atoms with van der Waals surface area (Å²) in [4.78, 5) is 11.7. The number of benzene rings is 3. The molecule has 198 valence electrons. The van der Waals surface area contributed by atoms with E-state index in [-0.39, 0.29) is 21.5 Å². The highest BCUT2D eigenvalue weighted by molar-refractivity contribution is 7.92. The van der Waals surface area contributed by atoms with E-state index in [0.717, 1.165) is 48.5 Å². The van der Waals surface area contributed by atoms with Gasteiger partial charge in [-0.25, -0.2) is 8.42 Å². The smallest absolute Gasteiger partial charge is 0.418 e. The second-order valence-electron chi connectivity index (χ2n) is 7.30. The SMILES string of the molecule is O=C(COc1ccc(S(=O)(=O)Nc2cccc(C(F)(F)F)c2)cc1Cl)Nc1ccc(Cl)cc1C(F)(F)F. The van der Waals surface area contributed by atoms with Gasteiger partial charge >= 0.3 is 12.4 Å². The average molecular weight is 587 g/mol. The minimum Gasteiger partial charge on any atom is -0.482 e. The lowest BCUT2D eigenvalue weighted by Gasteiger charge is -2.15. The van der Waals surface area contributed by atoms with E-state index in [0.29, 0.717) is 12.1 Å². The first-order valence-electron chi connectivity index (χ1n) is 9.85. The molecule has 0 aliphatic rings. The molecule has 37 heavy (non-hydrogen) atoms. The van der Waals surface area contributed by atoms with Crippen LogP contribution < -0.4 is 14.8 Å². The van der Waals surface area contributed by atoms with Gasteiger partial charge in [0.15, 0.2) is 6.61 Å². The van der Waals surface area contributed by atoms with Crippen LogP contribution in [0.5, 0.6) is 5.75 Å². The van der Waals surface area contributed by atoms with E-state index in [1.54, 1.807) is 0 Å². The molecule has 0 aliphatic carbocycles. The Morgan fingerprint density at radius 1 is 0.892 bits per heavy atom. The summed E-state index contributed by atoms with van der Waals surface area (Å²) in [5, 5.41) is 1.56. The summed E-state index contributed by atoms with van der Waals surface area (Å²) in [7, 11) is -4.36. The van der Waals surface area contributed by atoms with Gasteiger partial charge in [-0.2, -0.15) is 26.3 Å². The number of rotatable bonds is 7. The van der Waals surface area contributed by atoms with Gasteiger partial charge in [-0.3, -0.25) is 9.52 Å². The predicted octanol–water partition coefficient (Wildman–Crippen LogP) is 6.85. The van der Waals surface area contributed by atoms with E-state index in [2.05, 4.69) is 0 Å². The average Bonchev–Trinajstić information content (AvgIpc) is 2.78. The molecule has 0 unspecified atom stereocenters. The van der Waals surface area contributed by atoms with Gasteiger partial charge in [0.2, 0.25) is 0 Å². The fraction of sp³-hybridized carbons (Fsp3) is 0.136. The van der Waals surface area contributed by atoms with Gasteiger partial charge in [0.1, 0.15) is 5.75 Å². The summed E-state index contributed by atoms with van der Waals surface area (Å²) in [6, 6.07) is 9.29. The Morgan fingerprint density at radius 2 is 1.59 bits per heavy atom. The molecule has 0 bridgehead atoms. The second-order valence-corrected chi connectivity index (χ2v) is 9.83. The van der Waals surface area contributed by atoms with Crippen LogP contribution in [0.2, 0.25) is 10.0 Å². The summed E-state index contributed by atoms with van der Waals surface area (Å²) >= 11 is 11.6. The zero-order valence-electron chi connectivity index (χ0n) is 18.0. The van der Waals surface area contributed by atoms with E-state index in [1.807, 2.05) is 10.0 Å². The third-order valence-corrected chi connectivity index (χ3v) is 6.49. The first-order chi connectivity index (χ1) is 17.1. The third kappa shape index (κ3) is 7.43. The normalized spacial score (nSPS) is 12.2. The maximum Gasteiger partial charge on any atom is 0.418 e. The van der Waals surface area contributed by atoms with E-state index < -0.39 is 56.6 Å². The molecule has 0 saturated carbocycles. The number of sulfonamides is 1. The minimum absolute atomic E-state index is 0.179. The molecule has 0 radical (unpaired) electrons. The standard InChI is InChI=1S/C22H14Cl2F6N2O4S/c23-13-4-6-18(16(9-13)22(28,29)30)31-20(33)11-36-19-7-5-15(10-17(19)24)37(34,35)32-14-3-1-2-12(8-14)21(25,26)27/h1-10,32H,11H2,(H,31,33). The molecular weight excluding hydrogens is 573 g/mol. The van der Waals surface area contributed by atoms with Crippen molar-refractivity contribution in [3.63, 3.8) is 0 Å². The zero-order chi connectivity index (χ0) is 27.6. The molecule has 0 fully saturated rings. The number of carbonyl (C=O) groups is 1. The number of carbonyl (C=O) groups excluding carboxylic acids is 1. The van der Waals surface area contributed by atoms with Crippen molar-refractivity contribution >= 4 is 50.5 Å². The molecule has 0 saturated heterocycles. The molecule has 6 nitrogen and oxygen atoms in total. The van der Waals surface area contributed by atoms with Crippen LogP contribution in [0.3, 0.4) is 0 Å². The molecule has 15 heteroatoms. The summed E-state index contributed by atoms with van der Waals surface area (Å²) in [5.74, 6) is -1.16. The highest BCUT2D eigenvalue weighted by atomic mass is 35.5. The van der Waals surface area contributed by atoms with Crippen LogP contribution in [0.15, 0.2) is 65.6 Å². The Bertz CT molecular complexity index is 1430. The molecule has 0 spiro atoms. The van der Waals surface area contributed by atoms with Crippen LogP contribution in [0, 0.1) is 0 Å². The molecule has 3 rings (SSSR count). The maximum atomic E-state index is 13.2. The molecule has 3 aromatic rings. The highest BCUT2D eigenvalue weighted by Gasteiger charge is 2.34. The number of nitrogens with one attached hydrogen (secondary N) is 2. The van der Waals surface area contributed by atoms with Gasteiger partial charge in [0.05, 0.1) is 26.7 Å². The minimum atomic E-state index is -4.79. The maximum absolute atomic E-state index is 13.2. The summed E-state index contributed by atoms with van der Waals surface area (Å²) in [6.07, 6.45) is -9.47. The molecule has 0 atom stereocenters. The molecule has 2 N–H and O–H groups in total. The summed E-state index contributed by atoms with van der Waals surface area (Å²) in [6.45, 7) is -0.784. The number of halogens is 8. The van der Waals surface area contributed by atoms with Crippen LogP contribution in [0.4, 0.5) is 37.7 Å². The number of anilines is 2. The highest BCUT2D eigenvalue weighted by Crippen LogP contribution is 2.37. The second kappa shape index (κ2) is 10.7. The first-order valence-corrected chi connectivity index (χ1v) is 12.1. The number of amides is 1. The fourth-order valence-electron chi connectivity index (χ4n) is 2.93. The van der Waals surface area contributed by atoms with E-state index in [9.17, 15) is 39.6 Å². The van der Waals surface area contributed by atoms with Gasteiger partial charge in [-0.1, -0.05) is 29.3 Å². The lowest BCUT2D eigenvalue weighted by molar-refractivity contribution is -0.138. The van der Waals surface area contributed by atoms with Crippen LogP contribution >= 0.6 is 23.2 Å². The monoisotopic (exact) mass is 586 g/mol. The first kappa shape index (κ1) is 28.4. The van der Waals surface area contributed by atoms with E-state index in [4.69, 9.17) is 27.9 Å². The Balaban J connectivity index is 1.69. The number of alkyl halides is 6. The van der Waals surface area contributed by atoms with Crippen LogP contribution in [-0.4, -0.2) is 20.9 Å². The van der Waals surface area contributed by atoms with Crippen molar-refractivity contribution < 1.29 is 44.3 Å². The molecule has 0 aliphatic heterocycles. The Hall–Kier alpha value is -3.16. The van der Waals surface area contributed by atoms with Gasteiger partial charge in [0, 0.05) is 10.7 Å². The van der Waals surface area contributed by atoms with Crippen LogP contribution in [0.25, 0.3) is 0 Å². The van der Waals surface area contributed by atoms with Crippen molar-refractivity contribution in [2.45, 2.75) is 17.2 Å².